The largest absolute Gasteiger partial charge is 0.348 e. The fourth-order valence-electron chi connectivity index (χ4n) is 2.28. The first-order chi connectivity index (χ1) is 8.45. The van der Waals surface area contributed by atoms with Crippen LogP contribution in [-0.4, -0.2) is 26.5 Å². The van der Waals surface area contributed by atoms with Gasteiger partial charge in [-0.3, -0.25) is 9.97 Å². The molecular formula is C12H13N5. The van der Waals surface area contributed by atoms with Crippen molar-refractivity contribution in [3.63, 3.8) is 0 Å². The van der Waals surface area contributed by atoms with E-state index in [0.717, 1.165) is 30.9 Å². The summed E-state index contributed by atoms with van der Waals surface area (Å²) in [5.74, 6) is 0.966. The highest BCUT2D eigenvalue weighted by Gasteiger charge is 2.27. The molecule has 1 aliphatic rings. The molecule has 2 aromatic rings. The van der Waals surface area contributed by atoms with Gasteiger partial charge in [0.05, 0.1) is 17.9 Å². The standard InChI is InChI=1S/C12H13N5/c1-2-11(10-8-13-5-6-15-10)17(7-1)12-3-4-14-9-16-12/h3-6,8-9,11H,1-2,7H2. The molecule has 0 aromatic carbocycles. The first-order valence-corrected chi connectivity index (χ1v) is 5.74. The third-order valence-corrected chi connectivity index (χ3v) is 3.04. The lowest BCUT2D eigenvalue weighted by atomic mass is 10.1. The van der Waals surface area contributed by atoms with Gasteiger partial charge < -0.3 is 4.90 Å². The highest BCUT2D eigenvalue weighted by Crippen LogP contribution is 2.33. The van der Waals surface area contributed by atoms with Crippen LogP contribution in [0.1, 0.15) is 24.6 Å². The van der Waals surface area contributed by atoms with Crippen molar-refractivity contribution in [1.29, 1.82) is 0 Å². The summed E-state index contributed by atoms with van der Waals surface area (Å²) in [7, 11) is 0. The van der Waals surface area contributed by atoms with Crippen molar-refractivity contribution in [3.8, 4) is 0 Å². The van der Waals surface area contributed by atoms with Gasteiger partial charge in [0.1, 0.15) is 12.1 Å². The molecule has 1 atom stereocenters. The fraction of sp³-hybridized carbons (Fsp3) is 0.333. The Morgan fingerprint density at radius 1 is 1.12 bits per heavy atom. The Morgan fingerprint density at radius 3 is 2.88 bits per heavy atom. The third kappa shape index (κ3) is 1.95. The molecule has 2 aromatic heterocycles. The van der Waals surface area contributed by atoms with E-state index in [2.05, 4.69) is 24.8 Å². The molecule has 1 unspecified atom stereocenters. The Morgan fingerprint density at radius 2 is 2.12 bits per heavy atom. The zero-order valence-corrected chi connectivity index (χ0v) is 9.40. The normalized spacial score (nSPS) is 19.5. The van der Waals surface area contributed by atoms with Crippen molar-refractivity contribution in [3.05, 3.63) is 42.9 Å². The summed E-state index contributed by atoms with van der Waals surface area (Å²) in [5, 5.41) is 0. The molecule has 0 amide bonds. The van der Waals surface area contributed by atoms with Crippen LogP contribution in [-0.2, 0) is 0 Å². The van der Waals surface area contributed by atoms with Gasteiger partial charge in [-0.15, -0.1) is 0 Å². The van der Waals surface area contributed by atoms with Gasteiger partial charge in [-0.05, 0) is 18.9 Å². The average molecular weight is 227 g/mol. The summed E-state index contributed by atoms with van der Waals surface area (Å²) in [6.45, 7) is 1.01. The summed E-state index contributed by atoms with van der Waals surface area (Å²) in [6, 6.07) is 2.23. The van der Waals surface area contributed by atoms with Gasteiger partial charge in [0.25, 0.3) is 0 Å². The topological polar surface area (TPSA) is 54.8 Å². The number of rotatable bonds is 2. The monoisotopic (exact) mass is 227 g/mol. The second-order valence-corrected chi connectivity index (χ2v) is 4.05. The van der Waals surface area contributed by atoms with Crippen molar-refractivity contribution >= 4 is 5.82 Å². The van der Waals surface area contributed by atoms with E-state index >= 15 is 0 Å². The van der Waals surface area contributed by atoms with Crippen molar-refractivity contribution in [2.24, 2.45) is 0 Å². The molecular weight excluding hydrogens is 214 g/mol. The van der Waals surface area contributed by atoms with E-state index in [4.69, 9.17) is 0 Å². The van der Waals surface area contributed by atoms with Gasteiger partial charge >= 0.3 is 0 Å². The minimum atomic E-state index is 0.290. The Kier molecular flexibility index (Phi) is 2.65. The number of hydrogen-bond acceptors (Lipinski definition) is 5. The van der Waals surface area contributed by atoms with Crippen LogP contribution in [0.5, 0.6) is 0 Å². The zero-order chi connectivity index (χ0) is 11.5. The maximum Gasteiger partial charge on any atom is 0.132 e. The minimum absolute atomic E-state index is 0.290. The molecule has 0 radical (unpaired) electrons. The fourth-order valence-corrected chi connectivity index (χ4v) is 2.28. The smallest absolute Gasteiger partial charge is 0.132 e. The molecule has 5 nitrogen and oxygen atoms in total. The van der Waals surface area contributed by atoms with E-state index in [9.17, 15) is 0 Å². The van der Waals surface area contributed by atoms with E-state index in [1.165, 1.54) is 0 Å². The highest BCUT2D eigenvalue weighted by atomic mass is 15.2. The molecule has 1 saturated heterocycles. The van der Waals surface area contributed by atoms with Crippen LogP contribution in [0.4, 0.5) is 5.82 Å². The second kappa shape index (κ2) is 4.45. The predicted molar refractivity (Wildman–Crippen MR) is 63.4 cm³/mol. The minimum Gasteiger partial charge on any atom is -0.348 e. The van der Waals surface area contributed by atoms with Crippen molar-refractivity contribution in [1.82, 2.24) is 19.9 Å². The van der Waals surface area contributed by atoms with Crippen LogP contribution < -0.4 is 4.90 Å². The zero-order valence-electron chi connectivity index (χ0n) is 9.40. The summed E-state index contributed by atoms with van der Waals surface area (Å²) in [5.41, 5.74) is 1.02. The molecule has 0 bridgehead atoms. The molecule has 1 aliphatic heterocycles. The van der Waals surface area contributed by atoms with E-state index < -0.39 is 0 Å². The summed E-state index contributed by atoms with van der Waals surface area (Å²) in [4.78, 5) is 19.0. The summed E-state index contributed by atoms with van der Waals surface area (Å²) in [6.07, 6.45) is 10.9. The molecule has 0 aliphatic carbocycles. The van der Waals surface area contributed by atoms with Gasteiger partial charge in [-0.1, -0.05) is 0 Å². The van der Waals surface area contributed by atoms with E-state index in [-0.39, 0.29) is 0 Å². The number of anilines is 1. The molecule has 0 N–H and O–H groups in total. The van der Waals surface area contributed by atoms with Crippen LogP contribution >= 0.6 is 0 Å². The molecule has 3 heterocycles. The van der Waals surface area contributed by atoms with Crippen LogP contribution in [0.25, 0.3) is 0 Å². The average Bonchev–Trinajstić information content (AvgIpc) is 2.90. The van der Waals surface area contributed by atoms with E-state index in [0.29, 0.717) is 6.04 Å². The van der Waals surface area contributed by atoms with Gasteiger partial charge in [0, 0.05) is 25.1 Å². The third-order valence-electron chi connectivity index (χ3n) is 3.04. The predicted octanol–water partition coefficient (Wildman–Crippen LogP) is 1.61. The van der Waals surface area contributed by atoms with Crippen molar-refractivity contribution in [2.45, 2.75) is 18.9 Å². The van der Waals surface area contributed by atoms with Crippen molar-refractivity contribution in [2.75, 3.05) is 11.4 Å². The highest BCUT2D eigenvalue weighted by molar-refractivity contribution is 5.41. The van der Waals surface area contributed by atoms with E-state index in [1.807, 2.05) is 12.3 Å². The van der Waals surface area contributed by atoms with Crippen molar-refractivity contribution < 1.29 is 0 Å². The van der Waals surface area contributed by atoms with E-state index in [1.54, 1.807) is 24.9 Å². The van der Waals surface area contributed by atoms with Crippen LogP contribution in [0, 0.1) is 0 Å². The Hall–Kier alpha value is -2.04. The number of aromatic nitrogens is 4. The Balaban J connectivity index is 1.91. The lowest BCUT2D eigenvalue weighted by Gasteiger charge is -2.24. The van der Waals surface area contributed by atoms with Crippen LogP contribution in [0.2, 0.25) is 0 Å². The Labute approximate surface area is 99.6 Å². The van der Waals surface area contributed by atoms with Gasteiger partial charge in [-0.2, -0.15) is 0 Å². The van der Waals surface area contributed by atoms with Gasteiger partial charge in [-0.25, -0.2) is 9.97 Å². The SMILES string of the molecule is c1cc(N2CCCC2c2cnccn2)ncn1. The van der Waals surface area contributed by atoms with Crippen LogP contribution in [0.3, 0.4) is 0 Å². The maximum atomic E-state index is 4.39. The molecule has 17 heavy (non-hydrogen) atoms. The number of nitrogens with zero attached hydrogens (tertiary/aromatic N) is 5. The lowest BCUT2D eigenvalue weighted by Crippen LogP contribution is -2.24. The summed E-state index contributed by atoms with van der Waals surface area (Å²) >= 11 is 0. The Bertz CT molecular complexity index is 427. The summed E-state index contributed by atoms with van der Waals surface area (Å²) < 4.78 is 0. The molecule has 1 fully saturated rings. The quantitative estimate of drug-likeness (QED) is 0.780. The van der Waals surface area contributed by atoms with Gasteiger partial charge in [0.2, 0.25) is 0 Å². The molecule has 0 spiro atoms. The second-order valence-electron chi connectivity index (χ2n) is 4.05. The molecule has 0 saturated carbocycles. The lowest BCUT2D eigenvalue weighted by molar-refractivity contribution is 0.682. The van der Waals surface area contributed by atoms with Gasteiger partial charge in [0.15, 0.2) is 0 Å². The molecule has 5 heteroatoms. The first-order valence-electron chi connectivity index (χ1n) is 5.74. The first kappa shape index (κ1) is 10.1. The molecule has 86 valence electrons. The number of hydrogen-bond donors (Lipinski definition) is 0. The van der Waals surface area contributed by atoms with Crippen LogP contribution in [0.15, 0.2) is 37.2 Å². The molecule has 3 rings (SSSR count). The maximum absolute atomic E-state index is 4.39.